The lowest BCUT2D eigenvalue weighted by atomic mass is 9.95. The zero-order valence-corrected chi connectivity index (χ0v) is 13.6. The molecule has 102 valence electrons. The largest absolute Gasteiger partial charge is 0.497 e. The Bertz CT molecular complexity index is 604. The molecule has 19 heavy (non-hydrogen) atoms. The number of halogens is 2. The van der Waals surface area contributed by atoms with Gasteiger partial charge in [-0.15, -0.1) is 10.2 Å². The van der Waals surface area contributed by atoms with Crippen molar-refractivity contribution in [1.29, 1.82) is 0 Å². The number of benzene rings is 1. The maximum atomic E-state index is 6.17. The summed E-state index contributed by atoms with van der Waals surface area (Å²) in [6, 6.07) is 5.74. The quantitative estimate of drug-likeness (QED) is 0.827. The van der Waals surface area contributed by atoms with Crippen LogP contribution in [0.3, 0.4) is 0 Å². The first-order chi connectivity index (χ1) is 8.82. The van der Waals surface area contributed by atoms with Crippen LogP contribution >= 0.6 is 27.5 Å². The van der Waals surface area contributed by atoms with Crippen LogP contribution in [0.15, 0.2) is 22.7 Å². The van der Waals surface area contributed by atoms with Crippen molar-refractivity contribution >= 4 is 27.5 Å². The van der Waals surface area contributed by atoms with E-state index in [0.717, 1.165) is 21.7 Å². The first-order valence-electron chi connectivity index (χ1n) is 5.79. The Morgan fingerprint density at radius 2 is 1.89 bits per heavy atom. The summed E-state index contributed by atoms with van der Waals surface area (Å²) in [7, 11) is 1.63. The van der Waals surface area contributed by atoms with Gasteiger partial charge in [0.1, 0.15) is 11.6 Å². The Morgan fingerprint density at radius 1 is 1.21 bits per heavy atom. The molecule has 2 rings (SSSR count). The van der Waals surface area contributed by atoms with Gasteiger partial charge in [-0.2, -0.15) is 0 Å². The molecule has 1 heterocycles. The highest BCUT2D eigenvalue weighted by atomic mass is 79.9. The molecule has 1 aromatic heterocycles. The second-order valence-corrected chi connectivity index (χ2v) is 6.48. The van der Waals surface area contributed by atoms with E-state index in [1.54, 1.807) is 7.11 Å². The number of rotatable bonds is 2. The van der Waals surface area contributed by atoms with E-state index in [9.17, 15) is 0 Å². The van der Waals surface area contributed by atoms with Crippen LogP contribution in [0.5, 0.6) is 5.75 Å². The van der Waals surface area contributed by atoms with Gasteiger partial charge in [0.2, 0.25) is 5.28 Å². The average Bonchev–Trinajstić information content (AvgIpc) is 2.70. The maximum Gasteiger partial charge on any atom is 0.229 e. The zero-order chi connectivity index (χ0) is 14.2. The molecule has 0 atom stereocenters. The Morgan fingerprint density at radius 3 is 2.47 bits per heavy atom. The maximum absolute atomic E-state index is 6.17. The van der Waals surface area contributed by atoms with Crippen molar-refractivity contribution in [3.8, 4) is 11.4 Å². The van der Waals surface area contributed by atoms with Gasteiger partial charge >= 0.3 is 0 Å². The molecule has 0 aliphatic rings. The summed E-state index contributed by atoms with van der Waals surface area (Å²) in [6.07, 6.45) is 0. The highest BCUT2D eigenvalue weighted by Crippen LogP contribution is 2.30. The molecule has 6 heteroatoms. The highest BCUT2D eigenvalue weighted by molar-refractivity contribution is 9.10. The first-order valence-corrected chi connectivity index (χ1v) is 6.96. The van der Waals surface area contributed by atoms with Gasteiger partial charge < -0.3 is 4.74 Å². The third-order valence-electron chi connectivity index (χ3n) is 2.64. The van der Waals surface area contributed by atoms with E-state index in [2.05, 4.69) is 46.9 Å². The summed E-state index contributed by atoms with van der Waals surface area (Å²) in [4.78, 5) is 0. The lowest BCUT2D eigenvalue weighted by Crippen LogP contribution is -2.18. The summed E-state index contributed by atoms with van der Waals surface area (Å²) >= 11 is 9.63. The average molecular weight is 345 g/mol. The van der Waals surface area contributed by atoms with Crippen molar-refractivity contribution in [2.45, 2.75) is 26.2 Å². The van der Waals surface area contributed by atoms with Gasteiger partial charge in [-0.3, -0.25) is 4.57 Å². The standard InChI is InChI=1S/C13H15BrClN3O/c1-13(2,3)11-16-17-12(15)18(11)9-5-8(14)6-10(7-9)19-4/h5-7H,1-4H3. The van der Waals surface area contributed by atoms with E-state index in [4.69, 9.17) is 16.3 Å². The molecule has 0 N–H and O–H groups in total. The number of hydrogen-bond donors (Lipinski definition) is 0. The van der Waals surface area contributed by atoms with Crippen molar-refractivity contribution in [2.24, 2.45) is 0 Å². The number of hydrogen-bond acceptors (Lipinski definition) is 3. The SMILES string of the molecule is COc1cc(Br)cc(-n2c(Cl)nnc2C(C)(C)C)c1. The van der Waals surface area contributed by atoms with Gasteiger partial charge in [-0.05, 0) is 23.7 Å². The molecule has 2 aromatic rings. The Kier molecular flexibility index (Phi) is 3.87. The summed E-state index contributed by atoms with van der Waals surface area (Å²) in [5.74, 6) is 1.55. The van der Waals surface area contributed by atoms with Gasteiger partial charge in [-0.1, -0.05) is 36.7 Å². The molecule has 0 saturated heterocycles. The topological polar surface area (TPSA) is 39.9 Å². The molecule has 4 nitrogen and oxygen atoms in total. The molecular formula is C13H15BrClN3O. The van der Waals surface area contributed by atoms with Crippen LogP contribution in [0.4, 0.5) is 0 Å². The second-order valence-electron chi connectivity index (χ2n) is 5.23. The number of methoxy groups -OCH3 is 1. The van der Waals surface area contributed by atoms with E-state index in [-0.39, 0.29) is 5.41 Å². The summed E-state index contributed by atoms with van der Waals surface area (Å²) in [6.45, 7) is 6.21. The minimum absolute atomic E-state index is 0.157. The van der Waals surface area contributed by atoms with Gasteiger partial charge in [0.05, 0.1) is 12.8 Å². The van der Waals surface area contributed by atoms with Crippen LogP contribution in [-0.2, 0) is 5.41 Å². The molecule has 0 saturated carbocycles. The number of nitrogens with zero attached hydrogens (tertiary/aromatic N) is 3. The highest BCUT2D eigenvalue weighted by Gasteiger charge is 2.24. The molecule has 0 radical (unpaired) electrons. The van der Waals surface area contributed by atoms with Crippen LogP contribution in [0.1, 0.15) is 26.6 Å². The molecule has 0 fully saturated rings. The van der Waals surface area contributed by atoms with Crippen LogP contribution in [0.2, 0.25) is 5.28 Å². The molecule has 0 bridgehead atoms. The van der Waals surface area contributed by atoms with Crippen molar-refractivity contribution in [2.75, 3.05) is 7.11 Å². The van der Waals surface area contributed by atoms with Gasteiger partial charge in [0.25, 0.3) is 0 Å². The van der Waals surface area contributed by atoms with Crippen LogP contribution in [0, 0.1) is 0 Å². The van der Waals surface area contributed by atoms with E-state index in [1.165, 1.54) is 0 Å². The lowest BCUT2D eigenvalue weighted by molar-refractivity contribution is 0.414. The predicted molar refractivity (Wildman–Crippen MR) is 79.3 cm³/mol. The van der Waals surface area contributed by atoms with E-state index in [0.29, 0.717) is 5.28 Å². The zero-order valence-electron chi connectivity index (χ0n) is 11.2. The molecule has 0 aliphatic heterocycles. The summed E-state index contributed by atoms with van der Waals surface area (Å²) in [5.41, 5.74) is 0.710. The van der Waals surface area contributed by atoms with Crippen LogP contribution in [-0.4, -0.2) is 21.9 Å². The fourth-order valence-electron chi connectivity index (χ4n) is 1.77. The van der Waals surface area contributed by atoms with E-state index in [1.807, 2.05) is 22.8 Å². The Labute approximate surface area is 125 Å². The van der Waals surface area contributed by atoms with Crippen molar-refractivity contribution in [3.63, 3.8) is 0 Å². The van der Waals surface area contributed by atoms with E-state index < -0.39 is 0 Å². The van der Waals surface area contributed by atoms with Crippen molar-refractivity contribution in [3.05, 3.63) is 33.8 Å². The predicted octanol–water partition coefficient (Wildman–Crippen LogP) is 3.99. The molecule has 0 amide bonds. The molecule has 0 spiro atoms. The molecule has 0 aliphatic carbocycles. The minimum Gasteiger partial charge on any atom is -0.497 e. The van der Waals surface area contributed by atoms with E-state index >= 15 is 0 Å². The third-order valence-corrected chi connectivity index (χ3v) is 3.35. The van der Waals surface area contributed by atoms with Crippen LogP contribution in [0.25, 0.3) is 5.69 Å². The van der Waals surface area contributed by atoms with Crippen molar-refractivity contribution < 1.29 is 4.74 Å². The number of ether oxygens (including phenoxy) is 1. The van der Waals surface area contributed by atoms with Crippen LogP contribution < -0.4 is 4.74 Å². The first kappa shape index (κ1) is 14.3. The Hall–Kier alpha value is -1.07. The lowest BCUT2D eigenvalue weighted by Gasteiger charge is -2.19. The fourth-order valence-corrected chi connectivity index (χ4v) is 2.45. The number of aromatic nitrogens is 3. The van der Waals surface area contributed by atoms with Gasteiger partial charge in [0, 0.05) is 16.0 Å². The summed E-state index contributed by atoms with van der Waals surface area (Å²) < 4.78 is 8.01. The van der Waals surface area contributed by atoms with Gasteiger partial charge in [0.15, 0.2) is 0 Å². The Balaban J connectivity index is 2.65. The second kappa shape index (κ2) is 5.13. The third kappa shape index (κ3) is 2.92. The monoisotopic (exact) mass is 343 g/mol. The fraction of sp³-hybridized carbons (Fsp3) is 0.385. The summed E-state index contributed by atoms with van der Waals surface area (Å²) in [5, 5.41) is 8.48. The normalized spacial score (nSPS) is 11.7. The molecule has 0 unspecified atom stereocenters. The smallest absolute Gasteiger partial charge is 0.229 e. The van der Waals surface area contributed by atoms with Gasteiger partial charge in [-0.25, -0.2) is 0 Å². The molecule has 1 aromatic carbocycles. The van der Waals surface area contributed by atoms with Crippen molar-refractivity contribution in [1.82, 2.24) is 14.8 Å². The molecular weight excluding hydrogens is 330 g/mol. The minimum atomic E-state index is -0.157.